The smallest absolute Gasteiger partial charge is 0.336 e. The van der Waals surface area contributed by atoms with Crippen LogP contribution >= 0.6 is 0 Å². The largest absolute Gasteiger partial charge is 0.492 e. The minimum Gasteiger partial charge on any atom is -0.492 e. The fourth-order valence-electron chi connectivity index (χ4n) is 4.52. The van der Waals surface area contributed by atoms with Crippen LogP contribution in [0.25, 0.3) is 11.0 Å². The van der Waals surface area contributed by atoms with Crippen LogP contribution in [0.15, 0.2) is 50.5 Å². The molecule has 0 spiro atoms. The lowest BCUT2D eigenvalue weighted by molar-refractivity contribution is 0.329. The molecule has 1 saturated heterocycles. The van der Waals surface area contributed by atoms with Gasteiger partial charge in [-0.1, -0.05) is 13.8 Å². The van der Waals surface area contributed by atoms with E-state index in [2.05, 4.69) is 25.2 Å². The van der Waals surface area contributed by atoms with Crippen molar-refractivity contribution < 1.29 is 17.6 Å². The molecule has 182 valence electrons. The number of aryl methyl sites for hydroxylation is 1. The van der Waals surface area contributed by atoms with Crippen molar-refractivity contribution >= 4 is 26.7 Å². The van der Waals surface area contributed by atoms with E-state index in [0.717, 1.165) is 29.4 Å². The van der Waals surface area contributed by atoms with Crippen LogP contribution in [0.1, 0.15) is 56.2 Å². The highest BCUT2D eigenvalue weighted by atomic mass is 32.2. The Bertz CT molecular complexity index is 1360. The summed E-state index contributed by atoms with van der Waals surface area (Å²) in [6, 6.07) is 10.6. The standard InChI is InChI=1S/C26H32N2O5S/c1-5-32-23-9-8-20(14-25(23)34(30,31)28-10-6-7-11-28)27-16-19-13-26(29)33-24-12-18(4)21(17(2)3)15-22(19)24/h8-9,12-15,17,27H,5-7,10-11,16H2,1-4H3. The average molecular weight is 485 g/mol. The van der Waals surface area contributed by atoms with Gasteiger partial charge in [0.05, 0.1) is 6.61 Å². The highest BCUT2D eigenvalue weighted by molar-refractivity contribution is 7.89. The van der Waals surface area contributed by atoms with Crippen LogP contribution in [0, 0.1) is 6.92 Å². The number of sulfonamides is 1. The van der Waals surface area contributed by atoms with E-state index in [9.17, 15) is 13.2 Å². The van der Waals surface area contributed by atoms with Crippen molar-refractivity contribution in [2.24, 2.45) is 0 Å². The molecule has 0 atom stereocenters. The van der Waals surface area contributed by atoms with E-state index in [-0.39, 0.29) is 4.90 Å². The molecule has 0 aliphatic carbocycles. The van der Waals surface area contributed by atoms with Gasteiger partial charge < -0.3 is 14.5 Å². The van der Waals surface area contributed by atoms with Crippen molar-refractivity contribution in [3.8, 4) is 5.75 Å². The highest BCUT2D eigenvalue weighted by Crippen LogP contribution is 2.32. The Morgan fingerprint density at radius 2 is 1.85 bits per heavy atom. The lowest BCUT2D eigenvalue weighted by Gasteiger charge is -2.19. The topological polar surface area (TPSA) is 88.8 Å². The quantitative estimate of drug-likeness (QED) is 0.452. The molecule has 1 fully saturated rings. The molecule has 2 aromatic carbocycles. The Hall–Kier alpha value is -2.84. The van der Waals surface area contributed by atoms with Gasteiger partial charge in [0, 0.05) is 36.8 Å². The second kappa shape index (κ2) is 9.80. The van der Waals surface area contributed by atoms with E-state index in [0.29, 0.717) is 49.2 Å². The van der Waals surface area contributed by atoms with Gasteiger partial charge in [-0.15, -0.1) is 0 Å². The molecule has 0 bridgehead atoms. The zero-order valence-electron chi connectivity index (χ0n) is 20.2. The fraction of sp³-hybridized carbons (Fsp3) is 0.423. The van der Waals surface area contributed by atoms with Gasteiger partial charge in [-0.05, 0) is 79.6 Å². The van der Waals surface area contributed by atoms with Gasteiger partial charge in [0.15, 0.2) is 0 Å². The SMILES string of the molecule is CCOc1ccc(NCc2cc(=O)oc3cc(C)c(C(C)C)cc23)cc1S(=O)(=O)N1CCCC1. The maximum atomic E-state index is 13.3. The van der Waals surface area contributed by atoms with Gasteiger partial charge in [-0.25, -0.2) is 13.2 Å². The molecule has 0 unspecified atom stereocenters. The molecule has 7 nitrogen and oxygen atoms in total. The molecule has 0 saturated carbocycles. The predicted octanol–water partition coefficient (Wildman–Crippen LogP) is 5.02. The van der Waals surface area contributed by atoms with Crippen LogP contribution < -0.4 is 15.7 Å². The summed E-state index contributed by atoms with van der Waals surface area (Å²) in [5, 5.41) is 4.17. The Morgan fingerprint density at radius 3 is 2.53 bits per heavy atom. The lowest BCUT2D eigenvalue weighted by Crippen LogP contribution is -2.28. The van der Waals surface area contributed by atoms with Crippen LogP contribution in [-0.4, -0.2) is 32.4 Å². The number of nitrogens with one attached hydrogen (secondary N) is 1. The summed E-state index contributed by atoms with van der Waals surface area (Å²) in [5.74, 6) is 0.685. The number of benzene rings is 2. The maximum absolute atomic E-state index is 13.3. The summed E-state index contributed by atoms with van der Waals surface area (Å²) >= 11 is 0. The molecule has 0 amide bonds. The molecule has 4 rings (SSSR count). The van der Waals surface area contributed by atoms with Gasteiger partial charge in [-0.3, -0.25) is 0 Å². The van der Waals surface area contributed by atoms with E-state index in [4.69, 9.17) is 9.15 Å². The van der Waals surface area contributed by atoms with Crippen molar-refractivity contribution in [1.82, 2.24) is 4.31 Å². The molecule has 1 N–H and O–H groups in total. The van der Waals surface area contributed by atoms with Crippen molar-refractivity contribution in [3.63, 3.8) is 0 Å². The first-order valence-electron chi connectivity index (χ1n) is 11.8. The van der Waals surface area contributed by atoms with Gasteiger partial charge >= 0.3 is 5.63 Å². The van der Waals surface area contributed by atoms with E-state index >= 15 is 0 Å². The molecule has 1 aliphatic rings. The molecule has 34 heavy (non-hydrogen) atoms. The minimum absolute atomic E-state index is 0.163. The van der Waals surface area contributed by atoms with Crippen LogP contribution in [0.5, 0.6) is 5.75 Å². The van der Waals surface area contributed by atoms with E-state index in [1.54, 1.807) is 18.2 Å². The molecule has 1 aromatic heterocycles. The number of hydrogen-bond donors (Lipinski definition) is 1. The molecule has 3 aromatic rings. The summed E-state index contributed by atoms with van der Waals surface area (Å²) in [4.78, 5) is 12.4. The molecule has 2 heterocycles. The summed E-state index contributed by atoms with van der Waals surface area (Å²) in [5.41, 5.74) is 3.85. The number of rotatable bonds is 8. The van der Waals surface area contributed by atoms with Crippen molar-refractivity contribution in [2.45, 2.75) is 57.9 Å². The monoisotopic (exact) mass is 484 g/mol. The van der Waals surface area contributed by atoms with Crippen molar-refractivity contribution in [2.75, 3.05) is 25.0 Å². The summed E-state index contributed by atoms with van der Waals surface area (Å²) in [7, 11) is -3.65. The third-order valence-corrected chi connectivity index (χ3v) is 8.17. The molecular formula is C26H32N2O5S. The zero-order valence-corrected chi connectivity index (χ0v) is 21.0. The molecule has 0 radical (unpaired) electrons. The third kappa shape index (κ3) is 4.83. The minimum atomic E-state index is -3.65. The summed E-state index contributed by atoms with van der Waals surface area (Å²) in [6.45, 7) is 9.88. The summed E-state index contributed by atoms with van der Waals surface area (Å²) in [6.07, 6.45) is 1.73. The number of ether oxygens (including phenoxy) is 1. The second-order valence-electron chi connectivity index (χ2n) is 9.01. The van der Waals surface area contributed by atoms with Gasteiger partial charge in [0.2, 0.25) is 10.0 Å². The van der Waals surface area contributed by atoms with Crippen LogP contribution in [-0.2, 0) is 16.6 Å². The second-order valence-corrected chi connectivity index (χ2v) is 10.9. The van der Waals surface area contributed by atoms with Crippen LogP contribution in [0.2, 0.25) is 0 Å². The molecule has 1 aliphatic heterocycles. The normalized spacial score (nSPS) is 14.7. The fourth-order valence-corrected chi connectivity index (χ4v) is 6.19. The Morgan fingerprint density at radius 1 is 1.12 bits per heavy atom. The number of hydrogen-bond acceptors (Lipinski definition) is 6. The van der Waals surface area contributed by atoms with Crippen LogP contribution in [0.3, 0.4) is 0 Å². The Balaban J connectivity index is 1.69. The van der Waals surface area contributed by atoms with Crippen molar-refractivity contribution in [1.29, 1.82) is 0 Å². The number of anilines is 1. The van der Waals surface area contributed by atoms with E-state index in [1.165, 1.54) is 15.9 Å². The lowest BCUT2D eigenvalue weighted by atomic mass is 9.95. The van der Waals surface area contributed by atoms with Gasteiger partial charge in [0.1, 0.15) is 16.2 Å². The highest BCUT2D eigenvalue weighted by Gasteiger charge is 2.30. The first kappa shape index (κ1) is 24.3. The zero-order chi connectivity index (χ0) is 24.5. The first-order chi connectivity index (χ1) is 16.2. The van der Waals surface area contributed by atoms with Gasteiger partial charge in [-0.2, -0.15) is 4.31 Å². The van der Waals surface area contributed by atoms with Gasteiger partial charge in [0.25, 0.3) is 0 Å². The Labute approximate surface area is 200 Å². The van der Waals surface area contributed by atoms with E-state index < -0.39 is 15.6 Å². The predicted molar refractivity (Wildman–Crippen MR) is 134 cm³/mol. The Kier molecular flexibility index (Phi) is 7.00. The molecular weight excluding hydrogens is 452 g/mol. The third-order valence-electron chi connectivity index (χ3n) is 6.25. The van der Waals surface area contributed by atoms with Crippen LogP contribution in [0.4, 0.5) is 5.69 Å². The number of fused-ring (bicyclic) bond motifs is 1. The maximum Gasteiger partial charge on any atom is 0.336 e. The van der Waals surface area contributed by atoms with E-state index in [1.807, 2.05) is 19.9 Å². The summed E-state index contributed by atoms with van der Waals surface area (Å²) < 4.78 is 39.1. The molecule has 8 heteroatoms. The first-order valence-corrected chi connectivity index (χ1v) is 13.2. The van der Waals surface area contributed by atoms with Crippen molar-refractivity contribution in [3.05, 3.63) is 63.5 Å². The average Bonchev–Trinajstić information content (AvgIpc) is 3.33. The number of nitrogens with zero attached hydrogens (tertiary/aromatic N) is 1.